The number of amides is 2. The first kappa shape index (κ1) is 22.0. The van der Waals surface area contributed by atoms with Crippen LogP contribution in [0.4, 0.5) is 11.6 Å². The molecule has 2 amide bonds. The van der Waals surface area contributed by atoms with E-state index in [-0.39, 0.29) is 17.3 Å². The van der Waals surface area contributed by atoms with Crippen LogP contribution in [0.15, 0.2) is 47.2 Å². The Morgan fingerprint density at radius 1 is 1.12 bits per heavy atom. The lowest BCUT2D eigenvalue weighted by atomic mass is 10.2. The molecule has 2 aromatic heterocycles. The topological polar surface area (TPSA) is 162 Å². The number of H-pyrrole nitrogens is 2. The summed E-state index contributed by atoms with van der Waals surface area (Å²) in [6, 6.07) is 10.2. The lowest BCUT2D eigenvalue weighted by Gasteiger charge is -2.08. The average molecular weight is 513 g/mol. The van der Waals surface area contributed by atoms with Gasteiger partial charge in [-0.25, -0.2) is 14.8 Å². The molecule has 12 heteroatoms. The quantitative estimate of drug-likeness (QED) is 0.253. The molecule has 0 radical (unpaired) electrons. The number of carbonyl (C=O) groups excluding carboxylic acids is 2. The molecule has 0 aliphatic rings. The summed E-state index contributed by atoms with van der Waals surface area (Å²) in [7, 11) is 0. The van der Waals surface area contributed by atoms with E-state index in [2.05, 4.69) is 46.5 Å². The highest BCUT2D eigenvalue weighted by atomic mass is 79.9. The number of carboxylic acid groups (broad SMARTS) is 1. The molecule has 5 N–H and O–H groups in total. The van der Waals surface area contributed by atoms with Crippen molar-refractivity contribution in [3.8, 4) is 5.75 Å². The maximum absolute atomic E-state index is 12.8. The molecule has 2 heterocycles. The fourth-order valence-corrected chi connectivity index (χ4v) is 3.36. The van der Waals surface area contributed by atoms with Crippen molar-refractivity contribution in [1.29, 1.82) is 0 Å². The van der Waals surface area contributed by atoms with E-state index >= 15 is 0 Å². The fraction of sp³-hybridized carbons (Fsp3) is 0.0952. The minimum absolute atomic E-state index is 0.0360. The van der Waals surface area contributed by atoms with E-state index in [0.717, 1.165) is 10.0 Å². The SMILES string of the molecule is Cc1ccc(Br)cc1NC(=O)c1nc[nH]c1C(=O)Nc1nc2ccc(OCC(=O)O)cc2[nH]1. The molecule has 11 nitrogen and oxygen atoms in total. The van der Waals surface area contributed by atoms with E-state index in [4.69, 9.17) is 9.84 Å². The molecule has 0 fully saturated rings. The number of aryl methyl sites for hydroxylation is 1. The number of nitrogens with zero attached hydrogens (tertiary/aromatic N) is 2. The number of aliphatic carboxylic acids is 1. The number of fused-ring (bicyclic) bond motifs is 1. The molecule has 0 atom stereocenters. The Morgan fingerprint density at radius 3 is 2.73 bits per heavy atom. The summed E-state index contributed by atoms with van der Waals surface area (Å²) in [5, 5.41) is 14.1. The van der Waals surface area contributed by atoms with Crippen LogP contribution in [0.1, 0.15) is 26.5 Å². The predicted octanol–water partition coefficient (Wildman–Crippen LogP) is 3.32. The van der Waals surface area contributed by atoms with Crippen LogP contribution >= 0.6 is 15.9 Å². The zero-order valence-corrected chi connectivity index (χ0v) is 18.7. The first-order valence-corrected chi connectivity index (χ1v) is 10.4. The Morgan fingerprint density at radius 2 is 1.94 bits per heavy atom. The number of hydrogen-bond donors (Lipinski definition) is 5. The maximum Gasteiger partial charge on any atom is 0.341 e. The van der Waals surface area contributed by atoms with Crippen molar-refractivity contribution in [2.45, 2.75) is 6.92 Å². The molecule has 0 unspecified atom stereocenters. The highest BCUT2D eigenvalue weighted by Crippen LogP contribution is 2.23. The molecule has 0 saturated heterocycles. The molecule has 0 aliphatic heterocycles. The number of ether oxygens (including phenoxy) is 1. The van der Waals surface area contributed by atoms with Gasteiger partial charge in [-0.05, 0) is 36.8 Å². The molecule has 4 aromatic rings. The number of halogens is 1. The van der Waals surface area contributed by atoms with Crippen molar-refractivity contribution in [2.75, 3.05) is 17.2 Å². The van der Waals surface area contributed by atoms with Gasteiger partial charge in [0, 0.05) is 16.2 Å². The molecule has 0 saturated carbocycles. The number of carboxylic acids is 1. The molecule has 4 rings (SSSR count). The average Bonchev–Trinajstić information content (AvgIpc) is 3.41. The van der Waals surface area contributed by atoms with E-state index in [0.29, 0.717) is 22.5 Å². The number of nitrogens with one attached hydrogen (secondary N) is 4. The van der Waals surface area contributed by atoms with Crippen LogP contribution in [0.2, 0.25) is 0 Å². The Kier molecular flexibility index (Phi) is 6.09. The van der Waals surface area contributed by atoms with Gasteiger partial charge in [-0.2, -0.15) is 0 Å². The monoisotopic (exact) mass is 512 g/mol. The second-order valence-electron chi connectivity index (χ2n) is 6.94. The summed E-state index contributed by atoms with van der Waals surface area (Å²) < 4.78 is 5.93. The van der Waals surface area contributed by atoms with Crippen LogP contribution in [-0.4, -0.2) is 49.4 Å². The third-order valence-electron chi connectivity index (χ3n) is 4.58. The van der Waals surface area contributed by atoms with Crippen molar-refractivity contribution in [1.82, 2.24) is 19.9 Å². The molecule has 2 aromatic carbocycles. The van der Waals surface area contributed by atoms with E-state index in [9.17, 15) is 14.4 Å². The van der Waals surface area contributed by atoms with Crippen LogP contribution < -0.4 is 15.4 Å². The van der Waals surface area contributed by atoms with E-state index < -0.39 is 24.4 Å². The standard InChI is InChI=1S/C21H17BrN6O5/c1-10-2-3-11(22)6-14(10)25-19(31)17-18(24-9-23-17)20(32)28-21-26-13-5-4-12(7-15(13)27-21)33-8-16(29)30/h2-7,9H,8H2,1H3,(H,23,24)(H,25,31)(H,29,30)(H2,26,27,28,32). The number of aromatic amines is 2. The van der Waals surface area contributed by atoms with Crippen molar-refractivity contribution < 1.29 is 24.2 Å². The van der Waals surface area contributed by atoms with Crippen molar-refractivity contribution in [2.24, 2.45) is 0 Å². The largest absolute Gasteiger partial charge is 0.482 e. The van der Waals surface area contributed by atoms with Gasteiger partial charge in [0.15, 0.2) is 12.3 Å². The van der Waals surface area contributed by atoms with Crippen LogP contribution in [0, 0.1) is 6.92 Å². The zero-order valence-electron chi connectivity index (χ0n) is 17.1. The molecular weight excluding hydrogens is 496 g/mol. The van der Waals surface area contributed by atoms with Gasteiger partial charge in [-0.3, -0.25) is 14.9 Å². The van der Waals surface area contributed by atoms with Crippen molar-refractivity contribution in [3.63, 3.8) is 0 Å². The minimum atomic E-state index is -1.10. The van der Waals surface area contributed by atoms with Gasteiger partial charge in [0.2, 0.25) is 5.95 Å². The summed E-state index contributed by atoms with van der Waals surface area (Å²) in [4.78, 5) is 50.0. The Bertz CT molecular complexity index is 1380. The Balaban J connectivity index is 1.50. The zero-order chi connectivity index (χ0) is 23.5. The van der Waals surface area contributed by atoms with Crippen LogP contribution in [0.3, 0.4) is 0 Å². The maximum atomic E-state index is 12.8. The third-order valence-corrected chi connectivity index (χ3v) is 5.07. The number of anilines is 2. The van der Waals surface area contributed by atoms with Gasteiger partial charge in [0.25, 0.3) is 11.8 Å². The Hall–Kier alpha value is -4.19. The molecule has 0 bridgehead atoms. The lowest BCUT2D eigenvalue weighted by molar-refractivity contribution is -0.139. The first-order valence-electron chi connectivity index (χ1n) is 9.57. The summed E-state index contributed by atoms with van der Waals surface area (Å²) in [5.41, 5.74) is 2.38. The van der Waals surface area contributed by atoms with E-state index in [1.807, 2.05) is 19.1 Å². The van der Waals surface area contributed by atoms with Gasteiger partial charge in [0.1, 0.15) is 11.4 Å². The van der Waals surface area contributed by atoms with Crippen molar-refractivity contribution >= 4 is 56.4 Å². The Labute approximate surface area is 194 Å². The molecule has 0 aliphatic carbocycles. The molecule has 168 valence electrons. The van der Waals surface area contributed by atoms with E-state index in [1.165, 1.54) is 6.33 Å². The lowest BCUT2D eigenvalue weighted by Crippen LogP contribution is -2.21. The van der Waals surface area contributed by atoms with Gasteiger partial charge in [-0.1, -0.05) is 22.0 Å². The van der Waals surface area contributed by atoms with Gasteiger partial charge in [0.05, 0.1) is 17.4 Å². The second-order valence-corrected chi connectivity index (χ2v) is 7.86. The highest BCUT2D eigenvalue weighted by molar-refractivity contribution is 9.10. The normalized spacial score (nSPS) is 10.7. The van der Waals surface area contributed by atoms with Crippen LogP contribution in [-0.2, 0) is 4.79 Å². The van der Waals surface area contributed by atoms with Crippen molar-refractivity contribution in [3.05, 3.63) is 64.1 Å². The smallest absolute Gasteiger partial charge is 0.341 e. The number of hydrogen-bond acceptors (Lipinski definition) is 6. The minimum Gasteiger partial charge on any atom is -0.482 e. The summed E-state index contributed by atoms with van der Waals surface area (Å²) >= 11 is 3.36. The number of rotatable bonds is 7. The van der Waals surface area contributed by atoms with Crippen LogP contribution in [0.5, 0.6) is 5.75 Å². The number of imidazole rings is 2. The predicted molar refractivity (Wildman–Crippen MR) is 123 cm³/mol. The molecule has 0 spiro atoms. The fourth-order valence-electron chi connectivity index (χ4n) is 3.00. The summed E-state index contributed by atoms with van der Waals surface area (Å²) in [6.45, 7) is 1.37. The first-order chi connectivity index (χ1) is 15.8. The summed E-state index contributed by atoms with van der Waals surface area (Å²) in [6.07, 6.45) is 1.25. The third kappa shape index (κ3) is 5.01. The number of benzene rings is 2. The second kappa shape index (κ2) is 9.12. The van der Waals surface area contributed by atoms with Gasteiger partial charge in [-0.15, -0.1) is 0 Å². The van der Waals surface area contributed by atoms with E-state index in [1.54, 1.807) is 24.3 Å². The molecular formula is C21H17BrN6O5. The van der Waals surface area contributed by atoms with Gasteiger partial charge < -0.3 is 25.1 Å². The highest BCUT2D eigenvalue weighted by Gasteiger charge is 2.22. The number of carbonyl (C=O) groups is 3. The number of aromatic nitrogens is 4. The van der Waals surface area contributed by atoms with Gasteiger partial charge >= 0.3 is 5.97 Å². The van der Waals surface area contributed by atoms with Crippen LogP contribution in [0.25, 0.3) is 11.0 Å². The molecule has 33 heavy (non-hydrogen) atoms. The summed E-state index contributed by atoms with van der Waals surface area (Å²) in [5.74, 6) is -1.80.